The van der Waals surface area contributed by atoms with Crippen LogP contribution < -0.4 is 5.32 Å². The van der Waals surface area contributed by atoms with E-state index in [2.05, 4.69) is 19.2 Å². The number of amides is 2. The fourth-order valence-electron chi connectivity index (χ4n) is 2.74. The number of nitrogens with zero attached hydrogens (tertiary/aromatic N) is 1. The Morgan fingerprint density at radius 3 is 2.17 bits per heavy atom. The zero-order valence-electron chi connectivity index (χ0n) is 12.2. The minimum atomic E-state index is -0.646. The van der Waals surface area contributed by atoms with Crippen LogP contribution in [0.1, 0.15) is 53.9 Å². The highest BCUT2D eigenvalue weighted by molar-refractivity contribution is 5.99. The minimum Gasteiger partial charge on any atom is -0.342 e. The van der Waals surface area contributed by atoms with Gasteiger partial charge in [0.2, 0.25) is 11.8 Å². The highest BCUT2D eigenvalue weighted by atomic mass is 16.2. The Bertz CT molecular complexity index is 322. The molecule has 1 saturated heterocycles. The average molecular weight is 254 g/mol. The number of hydrogen-bond acceptors (Lipinski definition) is 2. The Labute approximate surface area is 110 Å². The normalized spacial score (nSPS) is 23.4. The van der Waals surface area contributed by atoms with Crippen LogP contribution in [-0.4, -0.2) is 34.8 Å². The number of carbonyl (C=O) groups is 2. The molecule has 2 amide bonds. The van der Waals surface area contributed by atoms with E-state index in [0.717, 1.165) is 0 Å². The van der Waals surface area contributed by atoms with Crippen molar-refractivity contribution >= 4 is 11.8 Å². The first-order chi connectivity index (χ1) is 8.42. The highest BCUT2D eigenvalue weighted by Crippen LogP contribution is 2.30. The van der Waals surface area contributed by atoms with Crippen LogP contribution in [-0.2, 0) is 9.59 Å². The Kier molecular flexibility index (Phi) is 4.77. The van der Waals surface area contributed by atoms with E-state index in [0.29, 0.717) is 31.7 Å². The second-order valence-electron chi connectivity index (χ2n) is 5.52. The van der Waals surface area contributed by atoms with Crippen molar-refractivity contribution in [3.05, 3.63) is 0 Å². The fourth-order valence-corrected chi connectivity index (χ4v) is 2.74. The predicted octanol–water partition coefficient (Wildman–Crippen LogP) is 1.94. The van der Waals surface area contributed by atoms with Gasteiger partial charge in [0, 0.05) is 6.54 Å². The van der Waals surface area contributed by atoms with E-state index < -0.39 is 5.54 Å². The van der Waals surface area contributed by atoms with Crippen molar-refractivity contribution in [2.45, 2.75) is 65.5 Å². The number of nitrogens with one attached hydrogen (secondary N) is 1. The summed E-state index contributed by atoms with van der Waals surface area (Å²) in [6.07, 6.45) is 2.00. The molecule has 1 unspecified atom stereocenters. The molecule has 0 radical (unpaired) electrons. The first-order valence-corrected chi connectivity index (χ1v) is 7.05. The molecule has 1 aliphatic heterocycles. The van der Waals surface area contributed by atoms with Gasteiger partial charge in [0.1, 0.15) is 11.6 Å². The molecule has 0 bridgehead atoms. The molecule has 1 atom stereocenters. The molecule has 4 nitrogen and oxygen atoms in total. The SMILES string of the molecule is CCC1NC(=O)C(CC)(CC)N(CC(C)C)C1=O. The summed E-state index contributed by atoms with van der Waals surface area (Å²) in [5, 5.41) is 2.88. The monoisotopic (exact) mass is 254 g/mol. The van der Waals surface area contributed by atoms with E-state index in [-0.39, 0.29) is 17.9 Å². The van der Waals surface area contributed by atoms with Gasteiger partial charge in [-0.05, 0) is 25.2 Å². The molecule has 1 fully saturated rings. The number of hydrogen-bond donors (Lipinski definition) is 1. The van der Waals surface area contributed by atoms with Crippen LogP contribution >= 0.6 is 0 Å². The van der Waals surface area contributed by atoms with Gasteiger partial charge in [-0.25, -0.2) is 0 Å². The van der Waals surface area contributed by atoms with Crippen molar-refractivity contribution in [3.8, 4) is 0 Å². The van der Waals surface area contributed by atoms with E-state index >= 15 is 0 Å². The van der Waals surface area contributed by atoms with Crippen LogP contribution in [0.3, 0.4) is 0 Å². The first-order valence-electron chi connectivity index (χ1n) is 7.05. The lowest BCUT2D eigenvalue weighted by Crippen LogP contribution is -2.70. The van der Waals surface area contributed by atoms with Gasteiger partial charge in [0.15, 0.2) is 0 Å². The van der Waals surface area contributed by atoms with E-state index in [4.69, 9.17) is 0 Å². The molecule has 0 aliphatic carbocycles. The van der Waals surface area contributed by atoms with Gasteiger partial charge in [0.05, 0.1) is 0 Å². The van der Waals surface area contributed by atoms with Crippen LogP contribution in [0, 0.1) is 5.92 Å². The van der Waals surface area contributed by atoms with Gasteiger partial charge < -0.3 is 10.2 Å². The molecular formula is C14H26N2O2. The Balaban J connectivity index is 3.13. The molecule has 0 aromatic heterocycles. The fraction of sp³-hybridized carbons (Fsp3) is 0.857. The molecule has 1 heterocycles. The van der Waals surface area contributed by atoms with Crippen LogP contribution in [0.25, 0.3) is 0 Å². The van der Waals surface area contributed by atoms with Gasteiger partial charge in [0.25, 0.3) is 0 Å². The van der Waals surface area contributed by atoms with E-state index in [1.165, 1.54) is 0 Å². The third-order valence-electron chi connectivity index (χ3n) is 3.93. The maximum atomic E-state index is 12.5. The van der Waals surface area contributed by atoms with Gasteiger partial charge in [-0.3, -0.25) is 9.59 Å². The Morgan fingerprint density at radius 1 is 1.22 bits per heavy atom. The summed E-state index contributed by atoms with van der Waals surface area (Å²) in [7, 11) is 0. The maximum absolute atomic E-state index is 12.5. The average Bonchev–Trinajstić information content (AvgIpc) is 2.34. The zero-order chi connectivity index (χ0) is 13.9. The third kappa shape index (κ3) is 2.38. The largest absolute Gasteiger partial charge is 0.342 e. The summed E-state index contributed by atoms with van der Waals surface area (Å²) in [4.78, 5) is 26.7. The minimum absolute atomic E-state index is 0.0135. The van der Waals surface area contributed by atoms with Crippen molar-refractivity contribution in [1.82, 2.24) is 10.2 Å². The van der Waals surface area contributed by atoms with Crippen molar-refractivity contribution in [1.29, 1.82) is 0 Å². The molecule has 104 valence electrons. The van der Waals surface area contributed by atoms with Crippen molar-refractivity contribution in [2.24, 2.45) is 5.92 Å². The van der Waals surface area contributed by atoms with Crippen molar-refractivity contribution < 1.29 is 9.59 Å². The Hall–Kier alpha value is -1.06. The molecule has 0 spiro atoms. The molecule has 0 aromatic carbocycles. The molecule has 4 heteroatoms. The lowest BCUT2D eigenvalue weighted by molar-refractivity contribution is -0.159. The first kappa shape index (κ1) is 15.0. The van der Waals surface area contributed by atoms with Gasteiger partial charge >= 0.3 is 0 Å². The smallest absolute Gasteiger partial charge is 0.246 e. The standard InChI is InChI=1S/C14H26N2O2/c1-6-11-12(17)16(9-10(4)5)14(7-2,8-3)13(18)15-11/h10-11H,6-9H2,1-5H3,(H,15,18). The number of piperazine rings is 1. The number of rotatable bonds is 5. The van der Waals surface area contributed by atoms with Crippen molar-refractivity contribution in [3.63, 3.8) is 0 Å². The van der Waals surface area contributed by atoms with E-state index in [1.54, 1.807) is 0 Å². The van der Waals surface area contributed by atoms with Crippen LogP contribution in [0.4, 0.5) is 0 Å². The van der Waals surface area contributed by atoms with Gasteiger partial charge in [-0.15, -0.1) is 0 Å². The molecule has 18 heavy (non-hydrogen) atoms. The molecular weight excluding hydrogens is 228 g/mol. The number of carbonyl (C=O) groups excluding carboxylic acids is 2. The quantitative estimate of drug-likeness (QED) is 0.815. The van der Waals surface area contributed by atoms with Crippen LogP contribution in [0.15, 0.2) is 0 Å². The topological polar surface area (TPSA) is 49.4 Å². The summed E-state index contributed by atoms with van der Waals surface area (Å²) >= 11 is 0. The lowest BCUT2D eigenvalue weighted by atomic mass is 9.85. The second kappa shape index (κ2) is 5.72. The predicted molar refractivity (Wildman–Crippen MR) is 72.1 cm³/mol. The summed E-state index contributed by atoms with van der Waals surface area (Å²) < 4.78 is 0. The molecule has 1 rings (SSSR count). The van der Waals surface area contributed by atoms with Crippen LogP contribution in [0.2, 0.25) is 0 Å². The van der Waals surface area contributed by atoms with Gasteiger partial charge in [-0.1, -0.05) is 34.6 Å². The summed E-state index contributed by atoms with van der Waals surface area (Å²) in [6.45, 7) is 10.7. The molecule has 1 aliphatic rings. The highest BCUT2D eigenvalue weighted by Gasteiger charge is 2.49. The molecule has 1 N–H and O–H groups in total. The summed E-state index contributed by atoms with van der Waals surface area (Å²) in [5.41, 5.74) is -0.646. The Morgan fingerprint density at radius 2 is 1.78 bits per heavy atom. The maximum Gasteiger partial charge on any atom is 0.246 e. The van der Waals surface area contributed by atoms with Crippen molar-refractivity contribution in [2.75, 3.05) is 6.54 Å². The van der Waals surface area contributed by atoms with E-state index in [9.17, 15) is 9.59 Å². The molecule has 0 aromatic rings. The van der Waals surface area contributed by atoms with E-state index in [1.807, 2.05) is 25.7 Å². The second-order valence-corrected chi connectivity index (χ2v) is 5.52. The zero-order valence-corrected chi connectivity index (χ0v) is 12.2. The lowest BCUT2D eigenvalue weighted by Gasteiger charge is -2.48. The van der Waals surface area contributed by atoms with Crippen LogP contribution in [0.5, 0.6) is 0 Å². The third-order valence-corrected chi connectivity index (χ3v) is 3.93. The van der Waals surface area contributed by atoms with Gasteiger partial charge in [-0.2, -0.15) is 0 Å². The summed E-state index contributed by atoms with van der Waals surface area (Å²) in [6, 6.07) is -0.345. The summed E-state index contributed by atoms with van der Waals surface area (Å²) in [5.74, 6) is 0.462. The molecule has 0 saturated carbocycles.